The van der Waals surface area contributed by atoms with Crippen molar-refractivity contribution in [3.8, 4) is 0 Å². The molecule has 1 heterocycles. The molecule has 0 saturated heterocycles. The van der Waals surface area contributed by atoms with E-state index in [9.17, 15) is 4.79 Å². The summed E-state index contributed by atoms with van der Waals surface area (Å²) < 4.78 is 5.18. The highest BCUT2D eigenvalue weighted by atomic mass is 16.5. The SMILES string of the molecule is CNC(C)CNC(=O)c1c(C)noc1C(C)C. The molecule has 1 unspecified atom stereocenters. The first kappa shape index (κ1) is 13.7. The van der Waals surface area contributed by atoms with Crippen molar-refractivity contribution in [3.05, 3.63) is 17.0 Å². The highest BCUT2D eigenvalue weighted by Gasteiger charge is 2.22. The fourth-order valence-electron chi connectivity index (χ4n) is 1.49. The Labute approximate surface area is 102 Å². The summed E-state index contributed by atoms with van der Waals surface area (Å²) in [4.78, 5) is 12.0. The standard InChI is InChI=1S/C12H21N3O2/c1-7(2)11-10(9(4)15-17-11)12(16)14-6-8(3)13-5/h7-8,13H,6H2,1-5H3,(H,14,16). The van der Waals surface area contributed by atoms with Gasteiger partial charge in [0.1, 0.15) is 5.56 Å². The minimum absolute atomic E-state index is 0.116. The predicted octanol–water partition coefficient (Wildman–Crippen LogP) is 1.44. The van der Waals surface area contributed by atoms with Gasteiger partial charge in [-0.1, -0.05) is 19.0 Å². The number of carbonyl (C=O) groups is 1. The number of amides is 1. The van der Waals surface area contributed by atoms with E-state index in [-0.39, 0.29) is 17.9 Å². The number of hydrogen-bond acceptors (Lipinski definition) is 4. The van der Waals surface area contributed by atoms with Gasteiger partial charge in [-0.2, -0.15) is 0 Å². The van der Waals surface area contributed by atoms with E-state index >= 15 is 0 Å². The zero-order valence-corrected chi connectivity index (χ0v) is 11.1. The minimum atomic E-state index is -0.116. The van der Waals surface area contributed by atoms with Crippen LogP contribution >= 0.6 is 0 Å². The molecule has 0 aliphatic rings. The maximum Gasteiger partial charge on any atom is 0.256 e. The lowest BCUT2D eigenvalue weighted by molar-refractivity contribution is 0.0947. The Bertz CT molecular complexity index is 385. The van der Waals surface area contributed by atoms with Gasteiger partial charge in [-0.15, -0.1) is 0 Å². The first-order chi connectivity index (χ1) is 7.97. The van der Waals surface area contributed by atoms with Crippen molar-refractivity contribution in [2.45, 2.75) is 39.7 Å². The molecule has 0 aliphatic carbocycles. The average Bonchev–Trinajstić information content (AvgIpc) is 2.67. The Balaban J connectivity index is 2.78. The van der Waals surface area contributed by atoms with E-state index in [1.807, 2.05) is 27.8 Å². The summed E-state index contributed by atoms with van der Waals surface area (Å²) in [5.41, 5.74) is 1.21. The molecule has 96 valence electrons. The molecule has 1 atom stereocenters. The second-order valence-corrected chi connectivity index (χ2v) is 4.56. The predicted molar refractivity (Wildman–Crippen MR) is 66.2 cm³/mol. The van der Waals surface area contributed by atoms with Crippen molar-refractivity contribution >= 4 is 5.91 Å². The summed E-state index contributed by atoms with van der Waals surface area (Å²) in [6.07, 6.45) is 0. The average molecular weight is 239 g/mol. The van der Waals surface area contributed by atoms with Gasteiger partial charge in [0.2, 0.25) is 0 Å². The van der Waals surface area contributed by atoms with E-state index < -0.39 is 0 Å². The lowest BCUT2D eigenvalue weighted by atomic mass is 10.0. The molecule has 0 radical (unpaired) electrons. The lowest BCUT2D eigenvalue weighted by Gasteiger charge is -2.11. The molecule has 1 aromatic heterocycles. The van der Waals surface area contributed by atoms with Crippen LogP contribution in [-0.2, 0) is 0 Å². The van der Waals surface area contributed by atoms with Crippen LogP contribution in [0.15, 0.2) is 4.52 Å². The zero-order chi connectivity index (χ0) is 13.0. The molecule has 0 aromatic carbocycles. The van der Waals surface area contributed by atoms with Gasteiger partial charge in [0, 0.05) is 18.5 Å². The molecule has 1 aromatic rings. The number of aryl methyl sites for hydroxylation is 1. The lowest BCUT2D eigenvalue weighted by Crippen LogP contribution is -2.37. The number of nitrogens with one attached hydrogen (secondary N) is 2. The van der Waals surface area contributed by atoms with Crippen LogP contribution in [0.1, 0.15) is 48.5 Å². The van der Waals surface area contributed by atoms with Crippen molar-refractivity contribution in [3.63, 3.8) is 0 Å². The van der Waals surface area contributed by atoms with E-state index in [1.54, 1.807) is 6.92 Å². The molecule has 2 N–H and O–H groups in total. The summed E-state index contributed by atoms with van der Waals surface area (Å²) in [6.45, 7) is 8.33. The van der Waals surface area contributed by atoms with E-state index in [4.69, 9.17) is 4.52 Å². The molecule has 0 spiro atoms. The smallest absolute Gasteiger partial charge is 0.256 e. The topological polar surface area (TPSA) is 67.2 Å². The monoisotopic (exact) mass is 239 g/mol. The summed E-state index contributed by atoms with van der Waals surface area (Å²) >= 11 is 0. The molecule has 17 heavy (non-hydrogen) atoms. The van der Waals surface area contributed by atoms with Crippen LogP contribution in [0.4, 0.5) is 0 Å². The highest BCUT2D eigenvalue weighted by molar-refractivity contribution is 5.96. The molecular formula is C12H21N3O2. The first-order valence-corrected chi connectivity index (χ1v) is 5.89. The fraction of sp³-hybridized carbons (Fsp3) is 0.667. The molecule has 0 fully saturated rings. The van der Waals surface area contributed by atoms with Crippen LogP contribution in [-0.4, -0.2) is 30.7 Å². The Kier molecular flexibility index (Phi) is 4.69. The number of likely N-dealkylation sites (N-methyl/N-ethyl adjacent to an activating group) is 1. The summed E-state index contributed by atoms with van der Waals surface area (Å²) in [7, 11) is 1.86. The second kappa shape index (κ2) is 5.82. The van der Waals surface area contributed by atoms with Gasteiger partial charge >= 0.3 is 0 Å². The maximum absolute atomic E-state index is 12.0. The Morgan fingerprint density at radius 3 is 2.59 bits per heavy atom. The quantitative estimate of drug-likeness (QED) is 0.816. The first-order valence-electron chi connectivity index (χ1n) is 5.89. The maximum atomic E-state index is 12.0. The number of aromatic nitrogens is 1. The summed E-state index contributed by atoms with van der Waals surface area (Å²) in [5, 5.41) is 9.79. The van der Waals surface area contributed by atoms with Gasteiger partial charge in [-0.25, -0.2) is 0 Å². The number of rotatable bonds is 5. The van der Waals surface area contributed by atoms with Gasteiger partial charge in [0.15, 0.2) is 5.76 Å². The largest absolute Gasteiger partial charge is 0.360 e. The van der Waals surface area contributed by atoms with Crippen molar-refractivity contribution < 1.29 is 9.32 Å². The van der Waals surface area contributed by atoms with Crippen LogP contribution in [0, 0.1) is 6.92 Å². The zero-order valence-electron chi connectivity index (χ0n) is 11.1. The Morgan fingerprint density at radius 2 is 2.06 bits per heavy atom. The third-order valence-electron chi connectivity index (χ3n) is 2.70. The van der Waals surface area contributed by atoms with Crippen molar-refractivity contribution in [2.75, 3.05) is 13.6 Å². The number of hydrogen-bond donors (Lipinski definition) is 2. The van der Waals surface area contributed by atoms with Crippen molar-refractivity contribution in [1.29, 1.82) is 0 Å². The van der Waals surface area contributed by atoms with Gasteiger partial charge in [-0.3, -0.25) is 4.79 Å². The van der Waals surface area contributed by atoms with Crippen LogP contribution < -0.4 is 10.6 Å². The third-order valence-corrected chi connectivity index (χ3v) is 2.70. The molecule has 0 bridgehead atoms. The molecular weight excluding hydrogens is 218 g/mol. The van der Waals surface area contributed by atoms with Gasteiger partial charge in [0.05, 0.1) is 5.69 Å². The number of carbonyl (C=O) groups excluding carboxylic acids is 1. The van der Waals surface area contributed by atoms with Gasteiger partial charge in [0.25, 0.3) is 5.91 Å². The fourth-order valence-corrected chi connectivity index (χ4v) is 1.49. The van der Waals surface area contributed by atoms with Crippen LogP contribution in [0.25, 0.3) is 0 Å². The molecule has 5 nitrogen and oxygen atoms in total. The Morgan fingerprint density at radius 1 is 1.41 bits per heavy atom. The molecule has 0 saturated carbocycles. The Hall–Kier alpha value is -1.36. The van der Waals surface area contributed by atoms with Crippen LogP contribution in [0.5, 0.6) is 0 Å². The molecule has 1 rings (SSSR count). The summed E-state index contributed by atoms with van der Waals surface area (Å²) in [5.74, 6) is 0.685. The van der Waals surface area contributed by atoms with Crippen molar-refractivity contribution in [1.82, 2.24) is 15.8 Å². The van der Waals surface area contributed by atoms with E-state index in [0.29, 0.717) is 23.6 Å². The van der Waals surface area contributed by atoms with Crippen LogP contribution in [0.2, 0.25) is 0 Å². The van der Waals surface area contributed by atoms with Crippen molar-refractivity contribution in [2.24, 2.45) is 0 Å². The minimum Gasteiger partial charge on any atom is -0.360 e. The molecule has 1 amide bonds. The summed E-state index contributed by atoms with van der Waals surface area (Å²) in [6, 6.07) is 0.238. The molecule has 5 heteroatoms. The second-order valence-electron chi connectivity index (χ2n) is 4.56. The van der Waals surface area contributed by atoms with Gasteiger partial charge < -0.3 is 15.2 Å². The molecule has 0 aliphatic heterocycles. The van der Waals surface area contributed by atoms with Gasteiger partial charge in [-0.05, 0) is 20.9 Å². The third kappa shape index (κ3) is 3.30. The van der Waals surface area contributed by atoms with E-state index in [1.165, 1.54) is 0 Å². The van der Waals surface area contributed by atoms with E-state index in [2.05, 4.69) is 15.8 Å². The normalized spacial score (nSPS) is 12.8. The highest BCUT2D eigenvalue weighted by Crippen LogP contribution is 2.21. The van der Waals surface area contributed by atoms with E-state index in [0.717, 1.165) is 0 Å². The van der Waals surface area contributed by atoms with Crippen LogP contribution in [0.3, 0.4) is 0 Å². The number of nitrogens with zero attached hydrogens (tertiary/aromatic N) is 1.